The normalized spacial score (nSPS) is 22.3. The Morgan fingerprint density at radius 2 is 2.00 bits per heavy atom. The third-order valence-corrected chi connectivity index (χ3v) is 5.15. The second-order valence-electron chi connectivity index (χ2n) is 6.89. The molecule has 0 aromatic heterocycles. The number of piperidine rings is 1. The van der Waals surface area contributed by atoms with Gasteiger partial charge in [0, 0.05) is 24.5 Å². The molecule has 1 amide bonds. The van der Waals surface area contributed by atoms with Gasteiger partial charge in [0.15, 0.2) is 0 Å². The van der Waals surface area contributed by atoms with Crippen LogP contribution in [0.5, 0.6) is 0 Å². The molecule has 24 heavy (non-hydrogen) atoms. The fourth-order valence-electron chi connectivity index (χ4n) is 3.69. The van der Waals surface area contributed by atoms with E-state index < -0.39 is 0 Å². The molecule has 1 aromatic carbocycles. The molecule has 2 N–H and O–H groups in total. The highest BCUT2D eigenvalue weighted by Gasteiger charge is 2.25. The van der Waals surface area contributed by atoms with E-state index in [0.717, 1.165) is 45.4 Å². The van der Waals surface area contributed by atoms with Gasteiger partial charge >= 0.3 is 0 Å². The molecule has 1 aliphatic rings. The van der Waals surface area contributed by atoms with Crippen LogP contribution in [0.3, 0.4) is 0 Å². The van der Waals surface area contributed by atoms with E-state index in [4.69, 9.17) is 0 Å². The first-order valence-corrected chi connectivity index (χ1v) is 9.43. The fraction of sp³-hybridized carbons (Fsp3) is 0.650. The first-order valence-electron chi connectivity index (χ1n) is 9.43. The minimum absolute atomic E-state index is 0.162. The summed E-state index contributed by atoms with van der Waals surface area (Å²) in [5, 5.41) is 6.65. The van der Waals surface area contributed by atoms with Gasteiger partial charge in [-0.1, -0.05) is 44.2 Å². The van der Waals surface area contributed by atoms with Crippen molar-refractivity contribution in [1.82, 2.24) is 15.5 Å². The van der Waals surface area contributed by atoms with Crippen molar-refractivity contribution in [3.05, 3.63) is 35.9 Å². The maximum Gasteiger partial charge on any atom is 0.223 e. The molecule has 134 valence electrons. The number of carbonyl (C=O) groups excluding carboxylic acids is 1. The van der Waals surface area contributed by atoms with Crippen LogP contribution in [0.15, 0.2) is 30.3 Å². The van der Waals surface area contributed by atoms with E-state index in [1.807, 2.05) is 0 Å². The Kier molecular flexibility index (Phi) is 7.73. The van der Waals surface area contributed by atoms with Gasteiger partial charge in [0.25, 0.3) is 0 Å². The average molecular weight is 332 g/mol. The number of hydrogen-bond donors (Lipinski definition) is 2. The molecule has 0 radical (unpaired) electrons. The molecule has 0 bridgehead atoms. The van der Waals surface area contributed by atoms with E-state index in [-0.39, 0.29) is 11.8 Å². The van der Waals surface area contributed by atoms with Crippen LogP contribution in [0.25, 0.3) is 0 Å². The van der Waals surface area contributed by atoms with Crippen molar-refractivity contribution in [3.8, 4) is 0 Å². The van der Waals surface area contributed by atoms with E-state index in [1.54, 1.807) is 0 Å². The van der Waals surface area contributed by atoms with E-state index in [9.17, 15) is 4.79 Å². The van der Waals surface area contributed by atoms with Crippen molar-refractivity contribution in [3.63, 3.8) is 0 Å². The van der Waals surface area contributed by atoms with Gasteiger partial charge in [0.05, 0.1) is 0 Å². The highest BCUT2D eigenvalue weighted by atomic mass is 16.1. The lowest BCUT2D eigenvalue weighted by Gasteiger charge is -2.32. The number of amides is 1. The van der Waals surface area contributed by atoms with Gasteiger partial charge in [-0.2, -0.15) is 0 Å². The van der Waals surface area contributed by atoms with Crippen molar-refractivity contribution in [2.75, 3.05) is 26.2 Å². The monoisotopic (exact) mass is 331 g/mol. The largest absolute Gasteiger partial charge is 0.354 e. The summed E-state index contributed by atoms with van der Waals surface area (Å²) in [5.74, 6) is 0.392. The third kappa shape index (κ3) is 5.60. The molecule has 4 heteroatoms. The molecule has 3 atom stereocenters. The lowest BCUT2D eigenvalue weighted by Crippen LogP contribution is -2.48. The Morgan fingerprint density at radius 3 is 2.62 bits per heavy atom. The third-order valence-electron chi connectivity index (χ3n) is 5.15. The zero-order valence-corrected chi connectivity index (χ0v) is 15.4. The summed E-state index contributed by atoms with van der Waals surface area (Å²) in [7, 11) is 0. The second-order valence-corrected chi connectivity index (χ2v) is 6.89. The van der Waals surface area contributed by atoms with Crippen LogP contribution in [0.2, 0.25) is 0 Å². The van der Waals surface area contributed by atoms with Crippen molar-refractivity contribution >= 4 is 5.91 Å². The Hall–Kier alpha value is -1.39. The van der Waals surface area contributed by atoms with E-state index in [1.165, 1.54) is 5.56 Å². The Balaban J connectivity index is 1.93. The van der Waals surface area contributed by atoms with Gasteiger partial charge in [-0.25, -0.2) is 0 Å². The Labute approximate surface area is 147 Å². The molecule has 1 aliphatic heterocycles. The van der Waals surface area contributed by atoms with Crippen LogP contribution in [0.4, 0.5) is 0 Å². The van der Waals surface area contributed by atoms with Crippen molar-refractivity contribution in [1.29, 1.82) is 0 Å². The molecule has 0 saturated carbocycles. The van der Waals surface area contributed by atoms with Gasteiger partial charge in [-0.3, -0.25) is 9.69 Å². The molecule has 1 heterocycles. The number of carbonyl (C=O) groups is 1. The molecular weight excluding hydrogens is 298 g/mol. The van der Waals surface area contributed by atoms with Crippen LogP contribution < -0.4 is 10.6 Å². The quantitative estimate of drug-likeness (QED) is 0.769. The number of nitrogens with zero attached hydrogens (tertiary/aromatic N) is 1. The standard InChI is InChI=1S/C20H33N3O/c1-4-23(5-2)19(14-17-9-7-6-8-10-17)15-22-20(24)18-11-12-21-16(3)13-18/h6-10,16,18-19,21H,4-5,11-15H2,1-3H3,(H,22,24)/t16-,18-,19?/m0/s1. The van der Waals surface area contributed by atoms with Gasteiger partial charge in [-0.15, -0.1) is 0 Å². The number of benzene rings is 1. The van der Waals surface area contributed by atoms with Crippen LogP contribution in [0.1, 0.15) is 39.2 Å². The van der Waals surface area contributed by atoms with Gasteiger partial charge in [0.2, 0.25) is 5.91 Å². The molecule has 0 spiro atoms. The molecule has 1 unspecified atom stereocenters. The summed E-state index contributed by atoms with van der Waals surface area (Å²) < 4.78 is 0. The van der Waals surface area contributed by atoms with Crippen LogP contribution in [-0.2, 0) is 11.2 Å². The van der Waals surface area contributed by atoms with Gasteiger partial charge in [0.1, 0.15) is 0 Å². The first-order chi connectivity index (χ1) is 11.6. The van der Waals surface area contributed by atoms with Crippen molar-refractivity contribution in [2.24, 2.45) is 5.92 Å². The zero-order chi connectivity index (χ0) is 17.4. The lowest BCUT2D eigenvalue weighted by atomic mass is 9.92. The Bertz CT molecular complexity index is 487. The van der Waals surface area contributed by atoms with Crippen molar-refractivity contribution < 1.29 is 4.79 Å². The molecule has 1 fully saturated rings. The summed E-state index contributed by atoms with van der Waals surface area (Å²) in [4.78, 5) is 15.0. The minimum Gasteiger partial charge on any atom is -0.354 e. The summed E-state index contributed by atoms with van der Waals surface area (Å²) in [6.07, 6.45) is 2.87. The number of likely N-dealkylation sites (N-methyl/N-ethyl adjacent to an activating group) is 1. The zero-order valence-electron chi connectivity index (χ0n) is 15.4. The average Bonchev–Trinajstić information content (AvgIpc) is 2.61. The second kappa shape index (κ2) is 9.80. The highest BCUT2D eigenvalue weighted by molar-refractivity contribution is 5.78. The molecular formula is C20H33N3O. The van der Waals surface area contributed by atoms with Gasteiger partial charge in [-0.05, 0) is 51.4 Å². The molecule has 0 aliphatic carbocycles. The highest BCUT2D eigenvalue weighted by Crippen LogP contribution is 2.16. The summed E-state index contributed by atoms with van der Waals surface area (Å²) in [5.41, 5.74) is 1.33. The topological polar surface area (TPSA) is 44.4 Å². The number of nitrogens with one attached hydrogen (secondary N) is 2. The van der Waals surface area contributed by atoms with Crippen LogP contribution in [0, 0.1) is 5.92 Å². The smallest absolute Gasteiger partial charge is 0.223 e. The molecule has 1 aromatic rings. The number of hydrogen-bond acceptors (Lipinski definition) is 3. The van der Waals surface area contributed by atoms with E-state index in [2.05, 4.69) is 66.6 Å². The summed E-state index contributed by atoms with van der Waals surface area (Å²) in [6.45, 7) is 10.2. The van der Waals surface area contributed by atoms with Crippen LogP contribution >= 0.6 is 0 Å². The minimum atomic E-state index is 0.162. The SMILES string of the molecule is CCN(CC)C(CNC(=O)[C@H]1CCN[C@@H](C)C1)Cc1ccccc1. The lowest BCUT2D eigenvalue weighted by molar-refractivity contribution is -0.126. The predicted octanol–water partition coefficient (Wildman–Crippen LogP) is 2.44. The molecule has 4 nitrogen and oxygen atoms in total. The van der Waals surface area contributed by atoms with Crippen LogP contribution in [-0.4, -0.2) is 49.1 Å². The first kappa shape index (κ1) is 18.9. The summed E-state index contributed by atoms with van der Waals surface area (Å²) >= 11 is 0. The maximum absolute atomic E-state index is 12.5. The van der Waals surface area contributed by atoms with E-state index >= 15 is 0 Å². The Morgan fingerprint density at radius 1 is 1.29 bits per heavy atom. The molecule has 1 saturated heterocycles. The number of rotatable bonds is 8. The van der Waals surface area contributed by atoms with Crippen molar-refractivity contribution in [2.45, 2.75) is 52.1 Å². The maximum atomic E-state index is 12.5. The fourth-order valence-corrected chi connectivity index (χ4v) is 3.69. The summed E-state index contributed by atoms with van der Waals surface area (Å²) in [6, 6.07) is 11.4. The molecule has 2 rings (SSSR count). The van der Waals surface area contributed by atoms with E-state index in [0.29, 0.717) is 12.1 Å². The van der Waals surface area contributed by atoms with Gasteiger partial charge < -0.3 is 10.6 Å². The predicted molar refractivity (Wildman–Crippen MR) is 100 cm³/mol.